The molecule has 1 unspecified atom stereocenters. The molecule has 4 nitrogen and oxygen atoms in total. The number of rotatable bonds is 4. The van der Waals surface area contributed by atoms with Crippen LogP contribution in [0.5, 0.6) is 0 Å². The van der Waals surface area contributed by atoms with Crippen LogP contribution in [0.25, 0.3) is 11.0 Å². The highest BCUT2D eigenvalue weighted by atomic mass is 19.3. The summed E-state index contributed by atoms with van der Waals surface area (Å²) < 4.78 is 27.5. The van der Waals surface area contributed by atoms with E-state index in [-0.39, 0.29) is 0 Å². The molecule has 1 heterocycles. The number of aryl methyl sites for hydroxylation is 1. The Balaban J connectivity index is 2.41. The average Bonchev–Trinajstić information content (AvgIpc) is 2.67. The number of aromatic nitrogens is 2. The molecule has 0 aliphatic carbocycles. The van der Waals surface area contributed by atoms with Gasteiger partial charge in [0, 0.05) is 7.05 Å². The molecular weight excluding hydrogens is 242 g/mol. The molecule has 0 radical (unpaired) electrons. The molecule has 1 N–H and O–H groups in total. The lowest BCUT2D eigenvalue weighted by Gasteiger charge is -2.14. The fourth-order valence-electron chi connectivity index (χ4n) is 1.92. The van der Waals surface area contributed by atoms with Gasteiger partial charge in [0.2, 0.25) is 6.43 Å². The van der Waals surface area contributed by atoms with Crippen LogP contribution in [0.2, 0.25) is 0 Å². The Morgan fingerprint density at radius 3 is 2.83 bits per heavy atom. The van der Waals surface area contributed by atoms with Gasteiger partial charge in [-0.05, 0) is 17.7 Å². The van der Waals surface area contributed by atoms with Gasteiger partial charge in [0.15, 0.2) is 0 Å². The van der Waals surface area contributed by atoms with E-state index in [0.717, 1.165) is 5.52 Å². The lowest BCUT2D eigenvalue weighted by Crippen LogP contribution is -2.14. The van der Waals surface area contributed by atoms with Crippen molar-refractivity contribution in [1.82, 2.24) is 9.55 Å². The van der Waals surface area contributed by atoms with E-state index >= 15 is 0 Å². The van der Waals surface area contributed by atoms with Crippen LogP contribution in [-0.4, -0.2) is 27.1 Å². The van der Waals surface area contributed by atoms with Crippen LogP contribution in [0.4, 0.5) is 8.78 Å². The quantitative estimate of drug-likeness (QED) is 0.911. The van der Waals surface area contributed by atoms with Crippen LogP contribution < -0.4 is 0 Å². The molecule has 96 valence electrons. The Hall–Kier alpha value is -1.98. The largest absolute Gasteiger partial charge is 0.481 e. The molecule has 1 aromatic carbocycles. The Morgan fingerprint density at radius 1 is 1.50 bits per heavy atom. The summed E-state index contributed by atoms with van der Waals surface area (Å²) in [4.78, 5) is 14.7. The van der Waals surface area contributed by atoms with Crippen molar-refractivity contribution in [3.05, 3.63) is 30.1 Å². The van der Waals surface area contributed by atoms with Crippen LogP contribution in [0, 0.1) is 0 Å². The van der Waals surface area contributed by atoms with Crippen LogP contribution in [0.1, 0.15) is 17.9 Å². The summed E-state index contributed by atoms with van der Waals surface area (Å²) in [5.74, 6) is -2.53. The summed E-state index contributed by atoms with van der Waals surface area (Å²) >= 11 is 0. The summed E-state index contributed by atoms with van der Waals surface area (Å²) in [7, 11) is 1.80. The minimum Gasteiger partial charge on any atom is -0.481 e. The molecule has 0 aliphatic heterocycles. The van der Waals surface area contributed by atoms with E-state index in [1.165, 1.54) is 12.1 Å². The maximum absolute atomic E-state index is 12.9. The summed E-state index contributed by atoms with van der Waals surface area (Å²) in [6.07, 6.45) is -1.71. The smallest absolute Gasteiger partial charge is 0.304 e. The van der Waals surface area contributed by atoms with Crippen LogP contribution >= 0.6 is 0 Å². The van der Waals surface area contributed by atoms with Crippen LogP contribution in [0.15, 0.2) is 24.5 Å². The molecular formula is C12H12F2N2O2. The second-order valence-electron chi connectivity index (χ2n) is 4.14. The molecule has 0 aliphatic rings. The van der Waals surface area contributed by atoms with Gasteiger partial charge in [0.05, 0.1) is 29.7 Å². The molecule has 0 bridgehead atoms. The van der Waals surface area contributed by atoms with E-state index < -0.39 is 24.7 Å². The van der Waals surface area contributed by atoms with Crippen molar-refractivity contribution in [2.75, 3.05) is 0 Å². The summed E-state index contributed by atoms with van der Waals surface area (Å²) in [6.45, 7) is 0. The zero-order chi connectivity index (χ0) is 13.3. The number of imidazole rings is 1. The number of nitrogens with zero attached hydrogens (tertiary/aromatic N) is 2. The maximum Gasteiger partial charge on any atom is 0.304 e. The highest BCUT2D eigenvalue weighted by molar-refractivity contribution is 5.76. The van der Waals surface area contributed by atoms with Gasteiger partial charge >= 0.3 is 5.97 Å². The fraction of sp³-hybridized carbons (Fsp3) is 0.333. The number of carboxylic acids is 1. The van der Waals surface area contributed by atoms with Gasteiger partial charge in [-0.3, -0.25) is 4.79 Å². The zero-order valence-electron chi connectivity index (χ0n) is 9.68. The SMILES string of the molecule is Cn1cnc2cc(C(CC(=O)O)C(F)F)ccc21. The number of alkyl halides is 2. The van der Waals surface area contributed by atoms with Crippen molar-refractivity contribution in [1.29, 1.82) is 0 Å². The van der Waals surface area contributed by atoms with E-state index in [1.54, 1.807) is 24.0 Å². The highest BCUT2D eigenvalue weighted by Crippen LogP contribution is 2.28. The Bertz CT molecular complexity index is 580. The second kappa shape index (κ2) is 4.72. The van der Waals surface area contributed by atoms with E-state index in [9.17, 15) is 13.6 Å². The second-order valence-corrected chi connectivity index (χ2v) is 4.14. The van der Waals surface area contributed by atoms with E-state index in [1.807, 2.05) is 0 Å². The minimum absolute atomic E-state index is 0.304. The highest BCUT2D eigenvalue weighted by Gasteiger charge is 2.25. The van der Waals surface area contributed by atoms with Crippen molar-refractivity contribution in [3.8, 4) is 0 Å². The predicted octanol–water partition coefficient (Wildman–Crippen LogP) is 2.40. The molecule has 0 saturated carbocycles. The first-order chi connectivity index (χ1) is 8.49. The normalized spacial score (nSPS) is 13.1. The van der Waals surface area contributed by atoms with Gasteiger partial charge in [-0.1, -0.05) is 6.07 Å². The van der Waals surface area contributed by atoms with E-state index in [4.69, 9.17) is 5.11 Å². The topological polar surface area (TPSA) is 55.1 Å². The molecule has 2 rings (SSSR count). The molecule has 6 heteroatoms. The van der Waals surface area contributed by atoms with Crippen molar-refractivity contribution < 1.29 is 18.7 Å². The van der Waals surface area contributed by atoms with Crippen molar-refractivity contribution >= 4 is 17.0 Å². The lowest BCUT2D eigenvalue weighted by molar-refractivity contribution is -0.138. The number of halogens is 2. The first-order valence-electron chi connectivity index (χ1n) is 5.40. The predicted molar refractivity (Wildman–Crippen MR) is 61.7 cm³/mol. The molecule has 2 aromatic rings. The lowest BCUT2D eigenvalue weighted by atomic mass is 9.96. The maximum atomic E-state index is 12.9. The molecule has 1 aromatic heterocycles. The van der Waals surface area contributed by atoms with Gasteiger partial charge in [-0.15, -0.1) is 0 Å². The average molecular weight is 254 g/mol. The zero-order valence-corrected chi connectivity index (χ0v) is 9.68. The molecule has 0 fully saturated rings. The summed E-state index contributed by atoms with van der Waals surface area (Å²) in [5.41, 5.74) is 1.71. The standard InChI is InChI=1S/C12H12F2N2O2/c1-16-6-15-9-4-7(2-3-10(9)16)8(12(13)14)5-11(17)18/h2-4,6,8,12H,5H2,1H3,(H,17,18). The van der Waals surface area contributed by atoms with E-state index in [0.29, 0.717) is 11.1 Å². The Labute approximate surface area is 102 Å². The third kappa shape index (κ3) is 2.32. The van der Waals surface area contributed by atoms with Crippen molar-refractivity contribution in [2.24, 2.45) is 7.05 Å². The van der Waals surface area contributed by atoms with Gasteiger partial charge in [0.1, 0.15) is 0 Å². The van der Waals surface area contributed by atoms with Gasteiger partial charge in [-0.25, -0.2) is 13.8 Å². The van der Waals surface area contributed by atoms with E-state index in [2.05, 4.69) is 4.98 Å². The third-order valence-electron chi connectivity index (χ3n) is 2.88. The van der Waals surface area contributed by atoms with Crippen molar-refractivity contribution in [3.63, 3.8) is 0 Å². The molecule has 0 saturated heterocycles. The van der Waals surface area contributed by atoms with Crippen molar-refractivity contribution in [2.45, 2.75) is 18.8 Å². The number of fused-ring (bicyclic) bond motifs is 1. The Morgan fingerprint density at radius 2 is 2.22 bits per heavy atom. The number of carbonyl (C=O) groups is 1. The first kappa shape index (κ1) is 12.5. The van der Waals surface area contributed by atoms with Gasteiger partial charge < -0.3 is 9.67 Å². The minimum atomic E-state index is -2.71. The number of benzene rings is 1. The third-order valence-corrected chi connectivity index (χ3v) is 2.88. The number of hydrogen-bond donors (Lipinski definition) is 1. The molecule has 1 atom stereocenters. The Kier molecular flexibility index (Phi) is 3.27. The molecule has 0 spiro atoms. The number of carboxylic acid groups (broad SMARTS) is 1. The number of aliphatic carboxylic acids is 1. The summed E-state index contributed by atoms with van der Waals surface area (Å²) in [5, 5.41) is 8.66. The monoisotopic (exact) mass is 254 g/mol. The summed E-state index contributed by atoms with van der Waals surface area (Å²) in [6, 6.07) is 4.73. The fourth-order valence-corrected chi connectivity index (χ4v) is 1.92. The van der Waals surface area contributed by atoms with Crippen LogP contribution in [0.3, 0.4) is 0 Å². The van der Waals surface area contributed by atoms with Gasteiger partial charge in [-0.2, -0.15) is 0 Å². The van der Waals surface area contributed by atoms with Gasteiger partial charge in [0.25, 0.3) is 0 Å². The first-order valence-corrected chi connectivity index (χ1v) is 5.40. The molecule has 0 amide bonds. The number of hydrogen-bond acceptors (Lipinski definition) is 2. The molecule has 18 heavy (non-hydrogen) atoms. The van der Waals surface area contributed by atoms with Crippen LogP contribution in [-0.2, 0) is 11.8 Å².